The smallest absolute Gasteiger partial charge is 0.239 e. The number of hydrogen-bond donors (Lipinski definition) is 0. The van der Waals surface area contributed by atoms with Crippen molar-refractivity contribution in [1.29, 1.82) is 0 Å². The highest BCUT2D eigenvalue weighted by molar-refractivity contribution is 7.92. The Hall–Kier alpha value is -2.35. The van der Waals surface area contributed by atoms with Crippen LogP contribution in [-0.2, 0) is 20.2 Å². The van der Waals surface area contributed by atoms with Gasteiger partial charge in [0.15, 0.2) is 0 Å². The number of carbonyl (C=O) groups excluding carboxylic acids is 1. The third-order valence-electron chi connectivity index (χ3n) is 3.59. The molecule has 128 valence electrons. The van der Waals surface area contributed by atoms with Gasteiger partial charge in [-0.3, -0.25) is 0 Å². The van der Waals surface area contributed by atoms with Crippen LogP contribution in [0.15, 0.2) is 30.3 Å². The van der Waals surface area contributed by atoms with E-state index in [1.165, 1.54) is 31.3 Å². The van der Waals surface area contributed by atoms with Crippen molar-refractivity contribution in [3.8, 4) is 11.3 Å². The maximum Gasteiger partial charge on any atom is 0.239 e. The topological polar surface area (TPSA) is 80.2 Å². The van der Waals surface area contributed by atoms with Crippen LogP contribution in [0, 0.1) is 5.82 Å². The highest BCUT2D eigenvalue weighted by Crippen LogP contribution is 2.27. The molecule has 0 N–H and O–H groups in total. The molecule has 2 rings (SSSR count). The summed E-state index contributed by atoms with van der Waals surface area (Å²) in [5, 5.41) is 0. The van der Waals surface area contributed by atoms with Gasteiger partial charge in [0.2, 0.25) is 16.0 Å². The molecule has 0 unspecified atom stereocenters. The minimum absolute atomic E-state index is 0.0516. The SMILES string of the molecule is CN(c1nc(-c2ccc(F)cc2)cc(C(C)(C)C=O)n1)S(C)(=O)=O. The first-order chi connectivity index (χ1) is 11.0. The van der Waals surface area contributed by atoms with Gasteiger partial charge in [-0.25, -0.2) is 27.1 Å². The van der Waals surface area contributed by atoms with E-state index in [1.807, 2.05) is 0 Å². The molecule has 6 nitrogen and oxygen atoms in total. The monoisotopic (exact) mass is 351 g/mol. The molecule has 1 aromatic heterocycles. The third-order valence-corrected chi connectivity index (χ3v) is 4.75. The first-order valence-corrected chi connectivity index (χ1v) is 8.95. The molecule has 0 aliphatic heterocycles. The molecular formula is C16H18FN3O3S. The summed E-state index contributed by atoms with van der Waals surface area (Å²) in [6.45, 7) is 3.34. The Morgan fingerprint density at radius 1 is 1.17 bits per heavy atom. The largest absolute Gasteiger partial charge is 0.302 e. The normalized spacial score (nSPS) is 12.0. The molecule has 0 saturated carbocycles. The van der Waals surface area contributed by atoms with Crippen molar-refractivity contribution in [2.45, 2.75) is 19.3 Å². The van der Waals surface area contributed by atoms with Gasteiger partial charge < -0.3 is 4.79 Å². The predicted octanol–water partition coefficient (Wildman–Crippen LogP) is 2.15. The summed E-state index contributed by atoms with van der Waals surface area (Å²) in [5.41, 5.74) is 0.438. The summed E-state index contributed by atoms with van der Waals surface area (Å²) in [6, 6.07) is 7.21. The summed E-state index contributed by atoms with van der Waals surface area (Å²) in [4.78, 5) is 19.8. The Balaban J connectivity index is 2.69. The standard InChI is InChI=1S/C16H18FN3O3S/c1-16(2,10-21)14-9-13(11-5-7-12(17)8-6-11)18-15(19-14)20(3)24(4,22)23/h5-10H,1-4H3. The molecule has 24 heavy (non-hydrogen) atoms. The third kappa shape index (κ3) is 3.76. The van der Waals surface area contributed by atoms with Gasteiger partial charge in [-0.05, 0) is 44.2 Å². The summed E-state index contributed by atoms with van der Waals surface area (Å²) in [7, 11) is -2.24. The van der Waals surface area contributed by atoms with Crippen LogP contribution >= 0.6 is 0 Å². The number of anilines is 1. The number of halogens is 1. The maximum absolute atomic E-state index is 13.1. The van der Waals surface area contributed by atoms with E-state index < -0.39 is 21.3 Å². The van der Waals surface area contributed by atoms with Gasteiger partial charge in [0.25, 0.3) is 0 Å². The second-order valence-electron chi connectivity index (χ2n) is 6.02. The van der Waals surface area contributed by atoms with Gasteiger partial charge in [-0.15, -0.1) is 0 Å². The Morgan fingerprint density at radius 3 is 2.25 bits per heavy atom. The first kappa shape index (κ1) is 18.0. The fourth-order valence-electron chi connectivity index (χ4n) is 1.88. The summed E-state index contributed by atoms with van der Waals surface area (Å²) >= 11 is 0. The van der Waals surface area contributed by atoms with E-state index in [1.54, 1.807) is 19.9 Å². The van der Waals surface area contributed by atoms with E-state index in [2.05, 4.69) is 9.97 Å². The molecule has 1 aromatic carbocycles. The van der Waals surface area contributed by atoms with Crippen LogP contribution in [0.1, 0.15) is 19.5 Å². The van der Waals surface area contributed by atoms with Crippen molar-refractivity contribution in [3.63, 3.8) is 0 Å². The number of nitrogens with zero attached hydrogens (tertiary/aromatic N) is 3. The van der Waals surface area contributed by atoms with E-state index in [0.717, 1.165) is 16.8 Å². The van der Waals surface area contributed by atoms with E-state index in [-0.39, 0.29) is 5.95 Å². The van der Waals surface area contributed by atoms with Crippen LogP contribution < -0.4 is 4.31 Å². The Kier molecular flexibility index (Phi) is 4.70. The fourth-order valence-corrected chi connectivity index (χ4v) is 2.26. The summed E-state index contributed by atoms with van der Waals surface area (Å²) < 4.78 is 37.6. The quantitative estimate of drug-likeness (QED) is 0.771. The minimum atomic E-state index is -3.57. The first-order valence-electron chi connectivity index (χ1n) is 7.10. The molecule has 0 aliphatic rings. The van der Waals surface area contributed by atoms with Gasteiger partial charge in [-0.2, -0.15) is 0 Å². The Labute approximate surface area is 140 Å². The molecule has 0 aliphatic carbocycles. The molecule has 2 aromatic rings. The second-order valence-corrected chi connectivity index (χ2v) is 8.03. The van der Waals surface area contributed by atoms with Crippen molar-refractivity contribution in [3.05, 3.63) is 41.8 Å². The molecule has 0 fully saturated rings. The van der Waals surface area contributed by atoms with E-state index in [4.69, 9.17) is 0 Å². The molecule has 0 bridgehead atoms. The lowest BCUT2D eigenvalue weighted by Gasteiger charge is -2.21. The maximum atomic E-state index is 13.1. The number of aldehydes is 1. The number of hydrogen-bond acceptors (Lipinski definition) is 5. The second kappa shape index (κ2) is 6.27. The lowest BCUT2D eigenvalue weighted by molar-refractivity contribution is -0.111. The van der Waals surface area contributed by atoms with Crippen LogP contribution in [0.4, 0.5) is 10.3 Å². The molecule has 0 radical (unpaired) electrons. The summed E-state index contributed by atoms with van der Waals surface area (Å²) in [6.07, 6.45) is 1.76. The molecule has 0 atom stereocenters. The number of benzene rings is 1. The van der Waals surface area contributed by atoms with Crippen LogP contribution in [0.3, 0.4) is 0 Å². The Morgan fingerprint density at radius 2 is 1.75 bits per heavy atom. The van der Waals surface area contributed by atoms with Gasteiger partial charge in [0.1, 0.15) is 12.1 Å². The highest BCUT2D eigenvalue weighted by Gasteiger charge is 2.25. The zero-order chi connectivity index (χ0) is 18.1. The number of sulfonamides is 1. The van der Waals surface area contributed by atoms with Gasteiger partial charge in [-0.1, -0.05) is 0 Å². The van der Waals surface area contributed by atoms with E-state index >= 15 is 0 Å². The van der Waals surface area contributed by atoms with Crippen LogP contribution in [-0.4, -0.2) is 38.0 Å². The van der Waals surface area contributed by atoms with Crippen LogP contribution in [0.5, 0.6) is 0 Å². The molecule has 8 heteroatoms. The molecule has 0 spiro atoms. The summed E-state index contributed by atoms with van der Waals surface area (Å²) in [5.74, 6) is -0.445. The lowest BCUT2D eigenvalue weighted by atomic mass is 9.90. The number of rotatable bonds is 5. The van der Waals surface area contributed by atoms with Crippen molar-refractivity contribution in [2.24, 2.45) is 0 Å². The molecule has 1 heterocycles. The lowest BCUT2D eigenvalue weighted by Crippen LogP contribution is -2.29. The Bertz CT molecular complexity index is 865. The highest BCUT2D eigenvalue weighted by atomic mass is 32.2. The number of aromatic nitrogens is 2. The van der Waals surface area contributed by atoms with Crippen molar-refractivity contribution < 1.29 is 17.6 Å². The average Bonchev–Trinajstić information content (AvgIpc) is 2.53. The molecule has 0 saturated heterocycles. The van der Waals surface area contributed by atoms with Crippen molar-refractivity contribution in [2.75, 3.05) is 17.6 Å². The van der Waals surface area contributed by atoms with Gasteiger partial charge in [0, 0.05) is 12.6 Å². The minimum Gasteiger partial charge on any atom is -0.302 e. The fraction of sp³-hybridized carbons (Fsp3) is 0.312. The van der Waals surface area contributed by atoms with Crippen LogP contribution in [0.2, 0.25) is 0 Å². The zero-order valence-corrected chi connectivity index (χ0v) is 14.6. The van der Waals surface area contributed by atoms with E-state index in [0.29, 0.717) is 17.0 Å². The van der Waals surface area contributed by atoms with Gasteiger partial charge >= 0.3 is 0 Å². The molecular weight excluding hydrogens is 333 g/mol. The van der Waals surface area contributed by atoms with Crippen molar-refractivity contribution >= 4 is 22.3 Å². The van der Waals surface area contributed by atoms with Crippen LogP contribution in [0.25, 0.3) is 11.3 Å². The predicted molar refractivity (Wildman–Crippen MR) is 89.8 cm³/mol. The molecule has 0 amide bonds. The van der Waals surface area contributed by atoms with Gasteiger partial charge in [0.05, 0.1) is 23.1 Å². The average molecular weight is 351 g/mol. The number of carbonyl (C=O) groups is 1. The van der Waals surface area contributed by atoms with Crippen molar-refractivity contribution in [1.82, 2.24) is 9.97 Å². The zero-order valence-electron chi connectivity index (χ0n) is 13.8. The van der Waals surface area contributed by atoms with E-state index in [9.17, 15) is 17.6 Å².